The van der Waals surface area contributed by atoms with Gasteiger partial charge in [-0.05, 0) is 170 Å². The predicted octanol–water partition coefficient (Wildman–Crippen LogP) is 9.38. The summed E-state index contributed by atoms with van der Waals surface area (Å²) in [6.07, 6.45) is 14.7. The lowest BCUT2D eigenvalue weighted by Crippen LogP contribution is -2.57. The first-order valence-corrected chi connectivity index (χ1v) is 22.6. The number of rotatable bonds is 6. The molecule has 7 atom stereocenters. The summed E-state index contributed by atoms with van der Waals surface area (Å²) in [6.45, 7) is 25.3. The molecule has 0 amide bonds. The molecule has 3 saturated carbocycles. The van der Waals surface area contributed by atoms with Crippen LogP contribution in [0.3, 0.4) is 0 Å². The molecule has 316 valence electrons. The lowest BCUT2D eigenvalue weighted by Gasteiger charge is -2.61. The number of ether oxygens (including phenoxy) is 1. The Bertz CT molecular complexity index is 1950. The number of hydrogen-bond donors (Lipinski definition) is 0. The van der Waals surface area contributed by atoms with E-state index in [0.29, 0.717) is 42.3 Å². The Kier molecular flexibility index (Phi) is 10.7. The highest BCUT2D eigenvalue weighted by Gasteiger charge is 2.68. The molecule has 59 heavy (non-hydrogen) atoms. The van der Waals surface area contributed by atoms with Crippen molar-refractivity contribution in [2.75, 3.05) is 0 Å². The Hall–Kier alpha value is -2.97. The van der Waals surface area contributed by atoms with Gasteiger partial charge in [-0.25, -0.2) is 0 Å². The van der Waals surface area contributed by atoms with E-state index in [9.17, 15) is 9.59 Å². The highest BCUT2D eigenvalue weighted by Crippen LogP contribution is 2.71. The van der Waals surface area contributed by atoms with Crippen LogP contribution in [0.2, 0.25) is 0 Å². The van der Waals surface area contributed by atoms with Crippen LogP contribution in [0.25, 0.3) is 6.08 Å². The van der Waals surface area contributed by atoms with E-state index in [1.807, 2.05) is 36.4 Å². The molecule has 7 aliphatic rings. The predicted molar refractivity (Wildman–Crippen MR) is 236 cm³/mol. The molecule has 0 aromatic heterocycles. The van der Waals surface area contributed by atoms with Crippen molar-refractivity contribution in [3.05, 3.63) is 77.9 Å². The minimum Gasteiger partial charge on any atom is -0.458 e. The van der Waals surface area contributed by atoms with Gasteiger partial charge >= 0.3 is 20.2 Å². The highest BCUT2D eigenvalue weighted by molar-refractivity contribution is 6.62. The molecule has 1 spiro atoms. The van der Waals surface area contributed by atoms with Gasteiger partial charge in [-0.2, -0.15) is 0 Å². The summed E-state index contributed by atoms with van der Waals surface area (Å²) >= 11 is 0. The first-order chi connectivity index (χ1) is 27.6. The molecule has 9 rings (SSSR count). The Morgan fingerprint density at radius 3 is 1.75 bits per heavy atom. The van der Waals surface area contributed by atoms with Gasteiger partial charge in [0.05, 0.1) is 22.4 Å². The third kappa shape index (κ3) is 7.26. The van der Waals surface area contributed by atoms with Crippen LogP contribution in [-0.2, 0) is 39.4 Å². The first-order valence-electron chi connectivity index (χ1n) is 22.6. The van der Waals surface area contributed by atoms with Gasteiger partial charge in [-0.3, -0.25) is 9.59 Å². The van der Waals surface area contributed by atoms with E-state index in [-0.39, 0.29) is 59.0 Å². The van der Waals surface area contributed by atoms with Gasteiger partial charge < -0.3 is 23.4 Å². The first kappa shape index (κ1) is 42.7. The molecule has 2 aromatic rings. The second kappa shape index (κ2) is 14.8. The number of carbonyl (C=O) groups is 2. The number of ketones is 1. The average molecular weight is 803 g/mol. The smallest absolute Gasteiger partial charge is 0.458 e. The zero-order valence-electron chi connectivity index (χ0n) is 37.6. The summed E-state index contributed by atoms with van der Waals surface area (Å²) in [5.74, 6) is 2.66. The minimum atomic E-state index is -0.346. The van der Waals surface area contributed by atoms with Crippen molar-refractivity contribution in [3.8, 4) is 0 Å². The van der Waals surface area contributed by atoms with E-state index in [0.717, 1.165) is 67.9 Å². The summed E-state index contributed by atoms with van der Waals surface area (Å²) in [5, 5.41) is 0. The number of esters is 1. The molecule has 9 heteroatoms. The lowest BCUT2D eigenvalue weighted by molar-refractivity contribution is -0.171. The van der Waals surface area contributed by atoms with Gasteiger partial charge in [0.1, 0.15) is 5.60 Å². The summed E-state index contributed by atoms with van der Waals surface area (Å²) in [7, 11) is -0.616. The SMILES string of the molecule is C=Cc1ccc(B2OC(C)(C)C(C)(C)O2)cc1.CC1(C)OB(c2ccc(CC[C@@H]3CC4=CC(=O)CC[C@]4(C)[C@H]4CC[C@@]5(C)[C@@H](CC[C@@]56CCC(=O)O6)[C@H]34)cc2)OC1(C)C. The fourth-order valence-corrected chi connectivity index (χ4v) is 12.2. The second-order valence-corrected chi connectivity index (χ2v) is 21.6. The van der Waals surface area contributed by atoms with Crippen LogP contribution < -0.4 is 10.9 Å². The van der Waals surface area contributed by atoms with Gasteiger partial charge in [0.15, 0.2) is 5.78 Å². The van der Waals surface area contributed by atoms with Crippen LogP contribution >= 0.6 is 0 Å². The maximum atomic E-state index is 12.6. The molecule has 7 nitrogen and oxygen atoms in total. The van der Waals surface area contributed by atoms with Crippen LogP contribution in [0, 0.1) is 34.5 Å². The molecule has 4 aliphatic carbocycles. The topological polar surface area (TPSA) is 80.3 Å². The Morgan fingerprint density at radius 2 is 1.22 bits per heavy atom. The average Bonchev–Trinajstić information content (AvgIpc) is 3.85. The molecule has 0 unspecified atom stereocenters. The normalized spacial score (nSPS) is 35.9. The summed E-state index contributed by atoms with van der Waals surface area (Å²) in [4.78, 5) is 25.0. The van der Waals surface area contributed by atoms with Crippen molar-refractivity contribution in [1.29, 1.82) is 0 Å². The Morgan fingerprint density at radius 1 is 0.678 bits per heavy atom. The third-order valence-electron chi connectivity index (χ3n) is 17.5. The van der Waals surface area contributed by atoms with Gasteiger partial charge in [-0.15, -0.1) is 0 Å². The molecule has 3 saturated heterocycles. The van der Waals surface area contributed by atoms with Crippen LogP contribution in [0.1, 0.15) is 145 Å². The van der Waals surface area contributed by atoms with Crippen LogP contribution in [0.5, 0.6) is 0 Å². The number of fused-ring (bicyclic) bond motifs is 6. The largest absolute Gasteiger partial charge is 0.494 e. The quantitative estimate of drug-likeness (QED) is 0.213. The van der Waals surface area contributed by atoms with E-state index < -0.39 is 0 Å². The van der Waals surface area contributed by atoms with E-state index in [1.54, 1.807) is 0 Å². The highest BCUT2D eigenvalue weighted by atomic mass is 16.7. The maximum Gasteiger partial charge on any atom is 0.494 e. The van der Waals surface area contributed by atoms with Crippen molar-refractivity contribution in [2.24, 2.45) is 34.5 Å². The van der Waals surface area contributed by atoms with Crippen LogP contribution in [0.4, 0.5) is 0 Å². The zero-order chi connectivity index (χ0) is 42.4. The lowest BCUT2D eigenvalue weighted by atomic mass is 9.43. The van der Waals surface area contributed by atoms with E-state index in [4.69, 9.17) is 23.4 Å². The Balaban J connectivity index is 0.000000238. The van der Waals surface area contributed by atoms with Gasteiger partial charge in [0.25, 0.3) is 0 Å². The monoisotopic (exact) mass is 803 g/mol. The van der Waals surface area contributed by atoms with E-state index >= 15 is 0 Å². The number of allylic oxidation sites excluding steroid dienone is 1. The number of hydrogen-bond acceptors (Lipinski definition) is 7. The molecule has 2 aromatic carbocycles. The maximum absolute atomic E-state index is 12.6. The Labute approximate surface area is 355 Å². The molecular formula is C50H68B2O7. The summed E-state index contributed by atoms with van der Waals surface area (Å²) in [6, 6.07) is 16.9. The number of carbonyl (C=O) groups excluding carboxylic acids is 2. The van der Waals surface area contributed by atoms with Crippen molar-refractivity contribution in [1.82, 2.24) is 0 Å². The van der Waals surface area contributed by atoms with Crippen LogP contribution in [0.15, 0.2) is 66.8 Å². The van der Waals surface area contributed by atoms with E-state index in [1.165, 1.54) is 17.6 Å². The van der Waals surface area contributed by atoms with Crippen molar-refractivity contribution in [3.63, 3.8) is 0 Å². The van der Waals surface area contributed by atoms with Gasteiger partial charge in [-0.1, -0.05) is 80.6 Å². The van der Waals surface area contributed by atoms with Crippen molar-refractivity contribution < 1.29 is 32.9 Å². The number of aryl methyl sites for hydroxylation is 1. The van der Waals surface area contributed by atoms with Crippen molar-refractivity contribution in [2.45, 2.75) is 168 Å². The molecule has 3 aliphatic heterocycles. The van der Waals surface area contributed by atoms with Gasteiger partial charge in [0.2, 0.25) is 0 Å². The molecule has 0 radical (unpaired) electrons. The minimum absolute atomic E-state index is 0.00569. The van der Waals surface area contributed by atoms with Crippen LogP contribution in [-0.4, -0.2) is 54.0 Å². The molecule has 3 heterocycles. The molecule has 0 bridgehead atoms. The van der Waals surface area contributed by atoms with Gasteiger partial charge in [0, 0.05) is 18.3 Å². The molecule has 6 fully saturated rings. The fraction of sp³-hybridized carbons (Fsp3) is 0.640. The summed E-state index contributed by atoms with van der Waals surface area (Å²) < 4.78 is 30.7. The summed E-state index contributed by atoms with van der Waals surface area (Å²) in [5.41, 5.74) is 4.67. The fourth-order valence-electron chi connectivity index (χ4n) is 12.2. The molecular weight excluding hydrogens is 734 g/mol. The van der Waals surface area contributed by atoms with Crippen molar-refractivity contribution >= 4 is 43.0 Å². The number of benzene rings is 2. The van der Waals surface area contributed by atoms with E-state index in [2.05, 4.69) is 100 Å². The molecule has 0 N–H and O–H groups in total. The third-order valence-corrected chi connectivity index (χ3v) is 17.5. The second-order valence-electron chi connectivity index (χ2n) is 21.6. The standard InChI is InChI=1S/C36H49BO5.C14H19BO2/c1-32(2)33(3,4)42-37(41-32)26-11-8-23(9-12-26)7-10-24-21-25-22-27(38)13-17-34(25,5)28-14-18-35(6)29(31(24)28)15-19-36(35)20-16-30(39)40-36;1-6-11-7-9-12(10-8-11)15-16-13(2,3)14(4,5)17-15/h8-9,11-12,22,24,28-29,31H,7,10,13-21H2,1-6H3;6-10H,1H2,2-5H3/t24-,28+,29+,31-,34+,35+,36-;/m1./s1. The zero-order valence-corrected chi connectivity index (χ0v) is 37.6.